The monoisotopic (exact) mass is 634 g/mol. The van der Waals surface area contributed by atoms with E-state index in [9.17, 15) is 39.0 Å². The Morgan fingerprint density at radius 2 is 1.48 bits per heavy atom. The van der Waals surface area contributed by atoms with Crippen LogP contribution in [0.1, 0.15) is 39.7 Å². The molecule has 0 spiro atoms. The van der Waals surface area contributed by atoms with E-state index in [4.69, 9.17) is 0 Å². The Morgan fingerprint density at radius 1 is 0.783 bits per heavy atom. The van der Waals surface area contributed by atoms with Gasteiger partial charge in [0.1, 0.15) is 29.9 Å². The summed E-state index contributed by atoms with van der Waals surface area (Å²) in [5, 5.41) is 32.3. The third-order valence-electron chi connectivity index (χ3n) is 6.95. The number of nitrogens with zero attached hydrogens (tertiary/aromatic N) is 1. The van der Waals surface area contributed by atoms with Crippen LogP contribution in [0, 0.1) is 5.92 Å². The number of anilines is 1. The Hall–Kier alpha value is -5.53. The summed E-state index contributed by atoms with van der Waals surface area (Å²) in [6.07, 6.45) is 0.988. The fourth-order valence-electron chi connectivity index (χ4n) is 4.54. The van der Waals surface area contributed by atoms with Crippen molar-refractivity contribution >= 4 is 52.1 Å². The van der Waals surface area contributed by atoms with Crippen LogP contribution < -0.4 is 26.6 Å². The van der Waals surface area contributed by atoms with Gasteiger partial charge in [-0.2, -0.15) is 0 Å². The van der Waals surface area contributed by atoms with E-state index in [1.54, 1.807) is 62.5 Å². The van der Waals surface area contributed by atoms with Crippen molar-refractivity contribution in [3.63, 3.8) is 0 Å². The first kappa shape index (κ1) is 35.0. The fraction of sp³-hybridized carbons (Fsp3) is 0.344. The van der Waals surface area contributed by atoms with Crippen LogP contribution in [0.15, 0.2) is 60.8 Å². The molecule has 7 N–H and O–H groups in total. The molecule has 1 aromatic heterocycles. The third-order valence-corrected chi connectivity index (χ3v) is 6.95. The average molecular weight is 635 g/mol. The van der Waals surface area contributed by atoms with E-state index in [1.165, 1.54) is 26.0 Å². The number of carbonyl (C=O) groups excluding carboxylic acids is 5. The van der Waals surface area contributed by atoms with E-state index in [0.29, 0.717) is 16.8 Å². The van der Waals surface area contributed by atoms with Gasteiger partial charge < -0.3 is 36.8 Å². The molecule has 46 heavy (non-hydrogen) atoms. The molecular formula is C32H38N6O8. The molecule has 14 heteroatoms. The van der Waals surface area contributed by atoms with Crippen molar-refractivity contribution < 1.29 is 39.0 Å². The lowest BCUT2D eigenvalue weighted by molar-refractivity contribution is -0.140. The van der Waals surface area contributed by atoms with E-state index in [0.717, 1.165) is 5.39 Å². The van der Waals surface area contributed by atoms with E-state index in [2.05, 4.69) is 31.6 Å². The Bertz CT molecular complexity index is 1590. The van der Waals surface area contributed by atoms with Crippen LogP contribution in [-0.4, -0.2) is 74.9 Å². The van der Waals surface area contributed by atoms with Crippen LogP contribution in [0.2, 0.25) is 0 Å². The van der Waals surface area contributed by atoms with E-state index in [1.807, 2.05) is 0 Å². The maximum atomic E-state index is 13.2. The lowest BCUT2D eigenvalue weighted by atomic mass is 10.0. The SMILES string of the molecule is CC(=O)NC(Cc1ccc(O)cc1)C(=O)NC(C(=O)NC(C)C(=O)NC(CC(=O)O)C(=O)Nc1ccc2ncccc2c1)C(C)C. The number of hydrogen-bond donors (Lipinski definition) is 7. The number of carboxylic acid groups (broad SMARTS) is 1. The van der Waals surface area contributed by atoms with Gasteiger partial charge >= 0.3 is 5.97 Å². The van der Waals surface area contributed by atoms with Gasteiger partial charge in [0, 0.05) is 30.6 Å². The summed E-state index contributed by atoms with van der Waals surface area (Å²) in [6, 6.07) is 9.71. The minimum Gasteiger partial charge on any atom is -0.508 e. The molecule has 14 nitrogen and oxygen atoms in total. The number of fused-ring (bicyclic) bond motifs is 1. The molecule has 3 aromatic rings. The second-order valence-corrected chi connectivity index (χ2v) is 11.1. The molecule has 3 rings (SSSR count). The van der Waals surface area contributed by atoms with Gasteiger partial charge in [-0.15, -0.1) is 0 Å². The molecule has 0 saturated heterocycles. The minimum absolute atomic E-state index is 0.0385. The Balaban J connectivity index is 1.66. The zero-order chi connectivity index (χ0) is 34.0. The average Bonchev–Trinajstić information content (AvgIpc) is 2.99. The molecule has 1 heterocycles. The number of aromatic nitrogens is 1. The Kier molecular flexibility index (Phi) is 12.1. The van der Waals surface area contributed by atoms with Gasteiger partial charge in [0.05, 0.1) is 11.9 Å². The number of carboxylic acids is 1. The topological polar surface area (TPSA) is 216 Å². The van der Waals surface area contributed by atoms with Crippen molar-refractivity contribution in [1.29, 1.82) is 0 Å². The van der Waals surface area contributed by atoms with Gasteiger partial charge in [-0.1, -0.05) is 32.0 Å². The van der Waals surface area contributed by atoms with E-state index >= 15 is 0 Å². The second-order valence-electron chi connectivity index (χ2n) is 11.1. The van der Waals surface area contributed by atoms with Gasteiger partial charge in [0.15, 0.2) is 0 Å². The molecule has 0 aliphatic heterocycles. The molecule has 2 aromatic carbocycles. The first-order valence-electron chi connectivity index (χ1n) is 14.6. The normalized spacial score (nSPS) is 13.5. The lowest BCUT2D eigenvalue weighted by Crippen LogP contribution is -2.58. The minimum atomic E-state index is -1.46. The molecule has 4 atom stereocenters. The van der Waals surface area contributed by atoms with Crippen LogP contribution in [0.4, 0.5) is 5.69 Å². The lowest BCUT2D eigenvalue weighted by Gasteiger charge is -2.27. The first-order valence-corrected chi connectivity index (χ1v) is 14.6. The predicted octanol–water partition coefficient (Wildman–Crippen LogP) is 1.23. The van der Waals surface area contributed by atoms with Gasteiger partial charge in [-0.3, -0.25) is 33.8 Å². The van der Waals surface area contributed by atoms with E-state index < -0.39 is 72.0 Å². The zero-order valence-corrected chi connectivity index (χ0v) is 25.9. The van der Waals surface area contributed by atoms with Crippen molar-refractivity contribution in [2.75, 3.05) is 5.32 Å². The van der Waals surface area contributed by atoms with Gasteiger partial charge in [-0.25, -0.2) is 0 Å². The number of rotatable bonds is 14. The van der Waals surface area contributed by atoms with Gasteiger partial charge in [0.2, 0.25) is 29.5 Å². The standard InChI is InChI=1S/C32H38N6O8/c1-17(2)28(38-31(45)25(35-19(4)39)14-20-7-10-23(40)11-8-20)32(46)34-18(3)29(43)37-26(16-27(41)42)30(44)36-22-9-12-24-21(15-22)6-5-13-33-24/h5-13,15,17-18,25-26,28,40H,14,16H2,1-4H3,(H,34,46)(H,35,39)(H,36,44)(H,37,43)(H,38,45)(H,41,42). The van der Waals surface area contributed by atoms with Crippen molar-refractivity contribution in [3.8, 4) is 5.75 Å². The number of nitrogens with one attached hydrogen (secondary N) is 5. The summed E-state index contributed by atoms with van der Waals surface area (Å²) in [4.78, 5) is 79.9. The molecule has 0 bridgehead atoms. The number of pyridine rings is 1. The van der Waals surface area contributed by atoms with Crippen LogP contribution >= 0.6 is 0 Å². The number of phenols is 1. The molecular weight excluding hydrogens is 596 g/mol. The molecule has 0 aliphatic rings. The summed E-state index contributed by atoms with van der Waals surface area (Å²) in [6.45, 7) is 5.96. The fourth-order valence-corrected chi connectivity index (χ4v) is 4.54. The smallest absolute Gasteiger partial charge is 0.305 e. The number of benzene rings is 2. The summed E-state index contributed by atoms with van der Waals surface area (Å²) in [5.41, 5.74) is 1.72. The van der Waals surface area contributed by atoms with Crippen molar-refractivity contribution in [2.45, 2.75) is 64.7 Å². The third kappa shape index (κ3) is 10.3. The zero-order valence-electron chi connectivity index (χ0n) is 25.9. The molecule has 4 unspecified atom stereocenters. The molecule has 5 amide bonds. The van der Waals surface area contributed by atoms with Crippen LogP contribution in [0.3, 0.4) is 0 Å². The molecule has 0 fully saturated rings. The maximum Gasteiger partial charge on any atom is 0.305 e. The largest absolute Gasteiger partial charge is 0.508 e. The number of carbonyl (C=O) groups is 6. The number of hydrogen-bond acceptors (Lipinski definition) is 8. The summed E-state index contributed by atoms with van der Waals surface area (Å²) < 4.78 is 0. The Labute approximate surface area is 265 Å². The molecule has 0 aliphatic carbocycles. The van der Waals surface area contributed by atoms with Gasteiger partial charge in [-0.05, 0) is 54.8 Å². The molecule has 0 radical (unpaired) electrons. The van der Waals surface area contributed by atoms with Crippen molar-refractivity contribution in [2.24, 2.45) is 5.92 Å². The highest BCUT2D eigenvalue weighted by Gasteiger charge is 2.32. The second kappa shape index (κ2) is 16.0. The predicted molar refractivity (Wildman–Crippen MR) is 168 cm³/mol. The van der Waals surface area contributed by atoms with E-state index in [-0.39, 0.29) is 12.2 Å². The number of aliphatic carboxylic acids is 1. The quantitative estimate of drug-likeness (QED) is 0.136. The molecule has 0 saturated carbocycles. The number of aromatic hydroxyl groups is 1. The summed E-state index contributed by atoms with van der Waals surface area (Å²) in [5.74, 6) is -5.14. The Morgan fingerprint density at radius 3 is 2.11 bits per heavy atom. The van der Waals surface area contributed by atoms with Crippen molar-refractivity contribution in [3.05, 3.63) is 66.4 Å². The van der Waals surface area contributed by atoms with Crippen LogP contribution in [0.25, 0.3) is 10.9 Å². The molecule has 244 valence electrons. The van der Waals surface area contributed by atoms with Gasteiger partial charge in [0.25, 0.3) is 0 Å². The number of phenolic OH excluding ortho intramolecular Hbond substituents is 1. The van der Waals surface area contributed by atoms with Crippen LogP contribution in [-0.2, 0) is 35.2 Å². The maximum absolute atomic E-state index is 13.2. The van der Waals surface area contributed by atoms with Crippen molar-refractivity contribution in [1.82, 2.24) is 26.3 Å². The highest BCUT2D eigenvalue weighted by atomic mass is 16.4. The number of amides is 5. The van der Waals surface area contributed by atoms with Crippen LogP contribution in [0.5, 0.6) is 5.75 Å². The first-order chi connectivity index (χ1) is 21.7. The highest BCUT2D eigenvalue weighted by molar-refractivity contribution is 6.01. The highest BCUT2D eigenvalue weighted by Crippen LogP contribution is 2.17. The summed E-state index contributed by atoms with van der Waals surface area (Å²) in [7, 11) is 0. The summed E-state index contributed by atoms with van der Waals surface area (Å²) >= 11 is 0.